The van der Waals surface area contributed by atoms with E-state index < -0.39 is 0 Å². The van der Waals surface area contributed by atoms with Crippen molar-refractivity contribution in [2.45, 2.75) is 34.1 Å². The number of anilines is 1. The van der Waals surface area contributed by atoms with Crippen LogP contribution in [0.5, 0.6) is 5.88 Å². The highest BCUT2D eigenvalue weighted by molar-refractivity contribution is 5.47. The Morgan fingerprint density at radius 1 is 1.38 bits per heavy atom. The van der Waals surface area contributed by atoms with Crippen molar-refractivity contribution in [3.8, 4) is 5.88 Å². The van der Waals surface area contributed by atoms with Crippen LogP contribution in [0.15, 0.2) is 0 Å². The molecule has 0 aliphatic heterocycles. The molecule has 1 aromatic rings. The van der Waals surface area contributed by atoms with E-state index in [1.54, 1.807) is 0 Å². The SMILES string of the molecule is CCc1nc(NN)c(C)c(OCC(C)C)n1. The molecule has 0 fully saturated rings. The van der Waals surface area contributed by atoms with E-state index in [1.165, 1.54) is 0 Å². The number of rotatable bonds is 5. The van der Waals surface area contributed by atoms with Gasteiger partial charge in [-0.25, -0.2) is 10.8 Å². The summed E-state index contributed by atoms with van der Waals surface area (Å²) >= 11 is 0. The molecule has 5 heteroatoms. The third-order valence-corrected chi connectivity index (χ3v) is 2.15. The molecule has 0 bridgehead atoms. The van der Waals surface area contributed by atoms with Crippen molar-refractivity contribution in [1.29, 1.82) is 0 Å². The molecule has 5 nitrogen and oxygen atoms in total. The fourth-order valence-electron chi connectivity index (χ4n) is 1.23. The van der Waals surface area contributed by atoms with Crippen LogP contribution in [-0.2, 0) is 6.42 Å². The Labute approximate surface area is 96.4 Å². The van der Waals surface area contributed by atoms with E-state index in [0.29, 0.717) is 24.2 Å². The Morgan fingerprint density at radius 2 is 2.06 bits per heavy atom. The number of ether oxygens (including phenoxy) is 1. The van der Waals surface area contributed by atoms with Crippen molar-refractivity contribution in [2.75, 3.05) is 12.0 Å². The molecule has 16 heavy (non-hydrogen) atoms. The maximum Gasteiger partial charge on any atom is 0.221 e. The second-order valence-electron chi connectivity index (χ2n) is 4.12. The summed E-state index contributed by atoms with van der Waals surface area (Å²) in [6.07, 6.45) is 0.757. The molecule has 0 aromatic carbocycles. The zero-order valence-electron chi connectivity index (χ0n) is 10.4. The molecular formula is C11H20N4O. The lowest BCUT2D eigenvalue weighted by atomic mass is 10.2. The average Bonchev–Trinajstić information content (AvgIpc) is 2.27. The smallest absolute Gasteiger partial charge is 0.221 e. The van der Waals surface area contributed by atoms with Gasteiger partial charge in [-0.3, -0.25) is 0 Å². The zero-order valence-corrected chi connectivity index (χ0v) is 10.4. The molecule has 0 aliphatic rings. The summed E-state index contributed by atoms with van der Waals surface area (Å²) in [5, 5.41) is 0. The van der Waals surface area contributed by atoms with Gasteiger partial charge >= 0.3 is 0 Å². The summed E-state index contributed by atoms with van der Waals surface area (Å²) in [4.78, 5) is 8.61. The second kappa shape index (κ2) is 5.65. The summed E-state index contributed by atoms with van der Waals surface area (Å²) in [5.41, 5.74) is 3.41. The third-order valence-electron chi connectivity index (χ3n) is 2.15. The number of nitrogens with zero attached hydrogens (tertiary/aromatic N) is 2. The lowest BCUT2D eigenvalue weighted by Crippen LogP contribution is -2.15. The maximum absolute atomic E-state index is 5.64. The predicted molar refractivity (Wildman–Crippen MR) is 64.3 cm³/mol. The van der Waals surface area contributed by atoms with Crippen LogP contribution >= 0.6 is 0 Å². The molecule has 90 valence electrons. The van der Waals surface area contributed by atoms with Gasteiger partial charge in [0.05, 0.1) is 12.2 Å². The van der Waals surface area contributed by atoms with Crippen LogP contribution in [0, 0.1) is 12.8 Å². The first kappa shape index (κ1) is 12.7. The van der Waals surface area contributed by atoms with Crippen molar-refractivity contribution >= 4 is 5.82 Å². The Balaban J connectivity index is 2.96. The molecular weight excluding hydrogens is 204 g/mol. The minimum Gasteiger partial charge on any atom is -0.477 e. The quantitative estimate of drug-likeness (QED) is 0.588. The second-order valence-corrected chi connectivity index (χ2v) is 4.12. The molecule has 0 atom stereocenters. The van der Waals surface area contributed by atoms with Gasteiger partial charge in [-0.15, -0.1) is 0 Å². The summed E-state index contributed by atoms with van der Waals surface area (Å²) in [5.74, 6) is 7.85. The molecule has 3 N–H and O–H groups in total. The molecule has 0 spiro atoms. The van der Waals surface area contributed by atoms with Crippen LogP contribution in [0.25, 0.3) is 0 Å². The minimum atomic E-state index is 0.466. The van der Waals surface area contributed by atoms with Gasteiger partial charge in [0.2, 0.25) is 5.88 Å². The first-order chi connectivity index (χ1) is 7.58. The highest BCUT2D eigenvalue weighted by Crippen LogP contribution is 2.21. The normalized spacial score (nSPS) is 10.6. The van der Waals surface area contributed by atoms with E-state index >= 15 is 0 Å². The number of aromatic nitrogens is 2. The largest absolute Gasteiger partial charge is 0.477 e. The van der Waals surface area contributed by atoms with Crippen LogP contribution in [0.2, 0.25) is 0 Å². The van der Waals surface area contributed by atoms with E-state index in [2.05, 4.69) is 29.2 Å². The van der Waals surface area contributed by atoms with E-state index in [0.717, 1.165) is 17.8 Å². The minimum absolute atomic E-state index is 0.466. The van der Waals surface area contributed by atoms with Gasteiger partial charge < -0.3 is 10.2 Å². The van der Waals surface area contributed by atoms with E-state index in [4.69, 9.17) is 10.6 Å². The topological polar surface area (TPSA) is 73.1 Å². The van der Waals surface area contributed by atoms with Crippen LogP contribution in [0.3, 0.4) is 0 Å². The molecule has 0 amide bonds. The average molecular weight is 224 g/mol. The highest BCUT2D eigenvalue weighted by Gasteiger charge is 2.10. The van der Waals surface area contributed by atoms with Crippen molar-refractivity contribution < 1.29 is 4.74 Å². The standard InChI is InChI=1S/C11H20N4O/c1-5-9-13-10(15-12)8(4)11(14-9)16-6-7(2)3/h7H,5-6,12H2,1-4H3,(H,13,14,15). The van der Waals surface area contributed by atoms with Crippen molar-refractivity contribution in [3.63, 3.8) is 0 Å². The summed E-state index contributed by atoms with van der Waals surface area (Å²) < 4.78 is 5.64. The maximum atomic E-state index is 5.64. The lowest BCUT2D eigenvalue weighted by molar-refractivity contribution is 0.258. The third kappa shape index (κ3) is 3.06. The highest BCUT2D eigenvalue weighted by atomic mass is 16.5. The Kier molecular flexibility index (Phi) is 4.49. The van der Waals surface area contributed by atoms with Crippen LogP contribution < -0.4 is 16.0 Å². The molecule has 0 unspecified atom stereocenters. The van der Waals surface area contributed by atoms with Crippen LogP contribution in [0.1, 0.15) is 32.2 Å². The molecule has 0 saturated carbocycles. The first-order valence-electron chi connectivity index (χ1n) is 5.55. The molecule has 0 aliphatic carbocycles. The van der Waals surface area contributed by atoms with Crippen LogP contribution in [0.4, 0.5) is 5.82 Å². The van der Waals surface area contributed by atoms with Crippen molar-refractivity contribution in [2.24, 2.45) is 11.8 Å². The van der Waals surface area contributed by atoms with Gasteiger partial charge in [-0.2, -0.15) is 4.98 Å². The van der Waals surface area contributed by atoms with Gasteiger partial charge in [-0.1, -0.05) is 20.8 Å². The summed E-state index contributed by atoms with van der Waals surface area (Å²) in [7, 11) is 0. The van der Waals surface area contributed by atoms with Crippen molar-refractivity contribution in [1.82, 2.24) is 9.97 Å². The summed E-state index contributed by atoms with van der Waals surface area (Å²) in [6.45, 7) is 8.73. The zero-order chi connectivity index (χ0) is 12.1. The Morgan fingerprint density at radius 3 is 2.56 bits per heavy atom. The Hall–Kier alpha value is -1.36. The van der Waals surface area contributed by atoms with Crippen LogP contribution in [-0.4, -0.2) is 16.6 Å². The molecule has 1 aromatic heterocycles. The number of aryl methyl sites for hydroxylation is 1. The molecule has 0 saturated heterocycles. The van der Waals surface area contributed by atoms with Crippen molar-refractivity contribution in [3.05, 3.63) is 11.4 Å². The molecule has 1 heterocycles. The Bertz CT molecular complexity index is 352. The fourth-order valence-corrected chi connectivity index (χ4v) is 1.23. The van der Waals surface area contributed by atoms with Gasteiger partial charge in [0.15, 0.2) is 0 Å². The predicted octanol–water partition coefficient (Wildman–Crippen LogP) is 1.67. The number of hydrogen-bond acceptors (Lipinski definition) is 5. The number of nitrogens with two attached hydrogens (primary N) is 1. The van der Waals surface area contributed by atoms with Gasteiger partial charge in [0.25, 0.3) is 0 Å². The fraction of sp³-hybridized carbons (Fsp3) is 0.636. The number of hydrazine groups is 1. The molecule has 0 radical (unpaired) electrons. The van der Waals surface area contributed by atoms with E-state index in [1.807, 2.05) is 13.8 Å². The van der Waals surface area contributed by atoms with E-state index in [-0.39, 0.29) is 0 Å². The number of nitrogens with one attached hydrogen (secondary N) is 1. The van der Waals surface area contributed by atoms with Gasteiger partial charge in [0, 0.05) is 6.42 Å². The number of hydrogen-bond donors (Lipinski definition) is 2. The lowest BCUT2D eigenvalue weighted by Gasteiger charge is -2.13. The van der Waals surface area contributed by atoms with E-state index in [9.17, 15) is 0 Å². The summed E-state index contributed by atoms with van der Waals surface area (Å²) in [6, 6.07) is 0. The molecule has 1 rings (SSSR count). The number of nitrogen functional groups attached to an aromatic ring is 1. The van der Waals surface area contributed by atoms with Gasteiger partial charge in [0.1, 0.15) is 11.6 Å². The van der Waals surface area contributed by atoms with Gasteiger partial charge in [-0.05, 0) is 12.8 Å². The first-order valence-corrected chi connectivity index (χ1v) is 5.55. The monoisotopic (exact) mass is 224 g/mol.